The van der Waals surface area contributed by atoms with Gasteiger partial charge in [-0.2, -0.15) is 4.98 Å². The Morgan fingerprint density at radius 1 is 1.21 bits per heavy atom. The number of nitrogens with zero attached hydrogens (tertiary/aromatic N) is 3. The number of aromatic nitrogens is 3. The van der Waals surface area contributed by atoms with Gasteiger partial charge in [0.2, 0.25) is 0 Å². The second kappa shape index (κ2) is 6.49. The van der Waals surface area contributed by atoms with Gasteiger partial charge < -0.3 is 15.4 Å². The van der Waals surface area contributed by atoms with E-state index >= 15 is 0 Å². The van der Waals surface area contributed by atoms with Crippen molar-refractivity contribution < 1.29 is 9.90 Å². The van der Waals surface area contributed by atoms with Gasteiger partial charge in [0.25, 0.3) is 5.56 Å². The highest BCUT2D eigenvalue weighted by atomic mass is 16.4. The van der Waals surface area contributed by atoms with E-state index in [1.165, 1.54) is 0 Å². The number of carbonyl (C=O) groups is 1. The number of nitrogen functional groups attached to an aromatic ring is 1. The van der Waals surface area contributed by atoms with Crippen molar-refractivity contribution in [3.63, 3.8) is 0 Å². The van der Waals surface area contributed by atoms with E-state index in [1.54, 1.807) is 17.7 Å². The van der Waals surface area contributed by atoms with Gasteiger partial charge >= 0.3 is 11.7 Å². The summed E-state index contributed by atoms with van der Waals surface area (Å²) in [4.78, 5) is 39.8. The Hall–Kier alpha value is -3.68. The van der Waals surface area contributed by atoms with Crippen LogP contribution in [0.25, 0.3) is 23.0 Å². The van der Waals surface area contributed by atoms with E-state index in [0.717, 1.165) is 28.8 Å². The Kier molecular flexibility index (Phi) is 4.11. The number of hydrogen-bond acceptors (Lipinski definition) is 5. The van der Waals surface area contributed by atoms with Gasteiger partial charge in [0, 0.05) is 18.4 Å². The monoisotopic (exact) mass is 378 g/mol. The Balaban J connectivity index is 1.91. The van der Waals surface area contributed by atoms with Crippen LogP contribution in [-0.2, 0) is 24.8 Å². The van der Waals surface area contributed by atoms with E-state index in [-0.39, 0.29) is 11.4 Å². The molecule has 8 nitrogen and oxygen atoms in total. The molecule has 4 rings (SSSR count). The number of rotatable bonds is 3. The zero-order chi connectivity index (χ0) is 20.0. The smallest absolute Gasteiger partial charge is 0.353 e. The van der Waals surface area contributed by atoms with Crippen molar-refractivity contribution in [3.8, 4) is 11.4 Å². The third-order valence-electron chi connectivity index (χ3n) is 5.03. The molecule has 28 heavy (non-hydrogen) atoms. The van der Waals surface area contributed by atoms with Crippen molar-refractivity contribution >= 4 is 23.3 Å². The maximum absolute atomic E-state index is 12.7. The molecule has 0 unspecified atom stereocenters. The van der Waals surface area contributed by atoms with Crippen molar-refractivity contribution in [2.45, 2.75) is 19.4 Å². The van der Waals surface area contributed by atoms with Gasteiger partial charge in [0.1, 0.15) is 6.54 Å². The second-order valence-electron chi connectivity index (χ2n) is 6.82. The number of aliphatic carboxylic acids is 1. The van der Waals surface area contributed by atoms with Gasteiger partial charge in [-0.05, 0) is 53.8 Å². The molecule has 0 amide bonds. The molecule has 8 heteroatoms. The first-order chi connectivity index (χ1) is 13.3. The van der Waals surface area contributed by atoms with Crippen LogP contribution in [0.5, 0.6) is 0 Å². The molecule has 1 aromatic carbocycles. The Labute approximate surface area is 159 Å². The first kappa shape index (κ1) is 17.7. The molecule has 1 aromatic rings. The number of allylic oxidation sites excluding steroid dienone is 1. The van der Waals surface area contributed by atoms with Gasteiger partial charge in [-0.3, -0.25) is 9.59 Å². The highest BCUT2D eigenvalue weighted by Crippen LogP contribution is 2.33. The maximum atomic E-state index is 12.7. The van der Waals surface area contributed by atoms with Crippen LogP contribution in [0.15, 0.2) is 39.9 Å². The highest BCUT2D eigenvalue weighted by Gasteiger charge is 2.23. The molecule has 0 bridgehead atoms. The summed E-state index contributed by atoms with van der Waals surface area (Å²) < 4.78 is 2.37. The molecule has 1 aliphatic carbocycles. The zero-order valence-electron chi connectivity index (χ0n) is 15.2. The summed E-state index contributed by atoms with van der Waals surface area (Å²) in [5.74, 6) is -1.02. The van der Waals surface area contributed by atoms with E-state index in [0.29, 0.717) is 16.7 Å². The van der Waals surface area contributed by atoms with Gasteiger partial charge in [0.15, 0.2) is 5.82 Å². The Bertz CT molecular complexity index is 1220. The zero-order valence-corrected chi connectivity index (χ0v) is 15.2. The summed E-state index contributed by atoms with van der Waals surface area (Å²) in [6, 6.07) is 9.34. The van der Waals surface area contributed by atoms with Gasteiger partial charge in [-0.25, -0.2) is 9.36 Å². The van der Waals surface area contributed by atoms with Crippen molar-refractivity contribution in [1.82, 2.24) is 14.1 Å². The van der Waals surface area contributed by atoms with Crippen LogP contribution in [0, 0.1) is 0 Å². The normalized spacial score (nSPS) is 13.2. The number of pyridine rings is 1. The van der Waals surface area contributed by atoms with Crippen molar-refractivity contribution in [1.29, 1.82) is 0 Å². The molecule has 2 aliphatic heterocycles. The van der Waals surface area contributed by atoms with Gasteiger partial charge in [0.05, 0.1) is 5.56 Å². The standard InChI is InChI=1S/C20H18N4O4/c1-23-16-9-12(11-4-6-14(21)7-5-11)2-3-13(16)8-15-18(23)22-20(28)24(19(15)27)10-17(25)26/h4-9H,2-3,10,21H2,1H3,(H,25,26). The number of nitrogens with two attached hydrogens (primary N) is 1. The van der Waals surface area contributed by atoms with E-state index in [1.807, 2.05) is 30.3 Å². The van der Waals surface area contributed by atoms with Crippen LogP contribution in [0.3, 0.4) is 0 Å². The third-order valence-corrected chi connectivity index (χ3v) is 5.03. The fourth-order valence-electron chi connectivity index (χ4n) is 3.59. The van der Waals surface area contributed by atoms with E-state index < -0.39 is 23.8 Å². The summed E-state index contributed by atoms with van der Waals surface area (Å²) in [5, 5.41) is 8.94. The summed E-state index contributed by atoms with van der Waals surface area (Å²) in [6.45, 7) is -0.706. The van der Waals surface area contributed by atoms with Gasteiger partial charge in [-0.15, -0.1) is 0 Å². The predicted molar refractivity (Wildman–Crippen MR) is 105 cm³/mol. The molecule has 0 saturated heterocycles. The van der Waals surface area contributed by atoms with Crippen LogP contribution in [0.2, 0.25) is 0 Å². The molecular formula is C20H18N4O4. The first-order valence-electron chi connectivity index (χ1n) is 8.77. The molecule has 142 valence electrons. The lowest BCUT2D eigenvalue weighted by atomic mass is 9.90. The predicted octanol–water partition coefficient (Wildman–Crippen LogP) is 1.20. The lowest BCUT2D eigenvalue weighted by molar-refractivity contribution is -0.137. The number of anilines is 1. The molecule has 0 aromatic heterocycles. The van der Waals surface area contributed by atoms with Crippen LogP contribution in [0.4, 0.5) is 5.69 Å². The number of benzene rings is 1. The van der Waals surface area contributed by atoms with Gasteiger partial charge in [-0.1, -0.05) is 12.1 Å². The molecule has 3 aliphatic rings. The summed E-state index contributed by atoms with van der Waals surface area (Å²) in [7, 11) is 1.75. The highest BCUT2D eigenvalue weighted by molar-refractivity contribution is 5.85. The number of fused-ring (bicyclic) bond motifs is 2. The van der Waals surface area contributed by atoms with E-state index in [2.05, 4.69) is 4.98 Å². The van der Waals surface area contributed by atoms with Crippen molar-refractivity contribution in [2.24, 2.45) is 7.05 Å². The molecule has 2 heterocycles. The molecule has 0 fully saturated rings. The second-order valence-corrected chi connectivity index (χ2v) is 6.82. The van der Waals surface area contributed by atoms with Crippen LogP contribution in [-0.4, -0.2) is 25.2 Å². The average Bonchev–Trinajstić information content (AvgIpc) is 2.67. The maximum Gasteiger partial charge on any atom is 0.353 e. The molecular weight excluding hydrogens is 360 g/mol. The molecule has 0 atom stereocenters. The van der Waals surface area contributed by atoms with Crippen LogP contribution >= 0.6 is 0 Å². The minimum Gasteiger partial charge on any atom is -0.480 e. The van der Waals surface area contributed by atoms with Crippen LogP contribution in [0.1, 0.15) is 23.2 Å². The molecule has 3 N–H and O–H groups in total. The number of aryl methyl sites for hydroxylation is 1. The SMILES string of the molecule is Cn1c2nc(=O)n(CC(=O)O)c(=O)c-2cc2c1C=C(c1ccc(N)cc1)CC2. The fourth-order valence-corrected chi connectivity index (χ4v) is 3.59. The number of hydrogen-bond donors (Lipinski definition) is 2. The van der Waals surface area contributed by atoms with Crippen molar-refractivity contribution in [3.05, 3.63) is 68.0 Å². The van der Waals surface area contributed by atoms with E-state index in [9.17, 15) is 14.4 Å². The topological polar surface area (TPSA) is 120 Å². The lowest BCUT2D eigenvalue weighted by Crippen LogP contribution is -2.40. The molecule has 0 saturated carbocycles. The third kappa shape index (κ3) is 2.88. The first-order valence-corrected chi connectivity index (χ1v) is 8.77. The largest absolute Gasteiger partial charge is 0.480 e. The van der Waals surface area contributed by atoms with E-state index in [4.69, 9.17) is 10.8 Å². The Morgan fingerprint density at radius 2 is 1.93 bits per heavy atom. The summed E-state index contributed by atoms with van der Waals surface area (Å²) in [5.41, 5.74) is 9.21. The quantitative estimate of drug-likeness (QED) is 0.661. The fraction of sp³-hybridized carbons (Fsp3) is 0.200. The van der Waals surface area contributed by atoms with Crippen molar-refractivity contribution in [2.75, 3.05) is 5.73 Å². The summed E-state index contributed by atoms with van der Waals surface area (Å²) in [6.07, 6.45) is 3.53. The summed E-state index contributed by atoms with van der Waals surface area (Å²) >= 11 is 0. The lowest BCUT2D eigenvalue weighted by Gasteiger charge is -2.23. The minimum absolute atomic E-state index is 0.241. The molecule has 0 spiro atoms. The number of carboxylic acids is 1. The Morgan fingerprint density at radius 3 is 2.61 bits per heavy atom. The number of carboxylic acid groups (broad SMARTS) is 1. The average molecular weight is 378 g/mol. The molecule has 0 radical (unpaired) electrons. The minimum atomic E-state index is -1.27. The van der Waals surface area contributed by atoms with Crippen LogP contribution < -0.4 is 17.0 Å².